The van der Waals surface area contributed by atoms with Crippen molar-refractivity contribution >= 4 is 34.5 Å². The van der Waals surface area contributed by atoms with Gasteiger partial charge in [0.05, 0.1) is 10.7 Å². The number of aryl methyl sites for hydroxylation is 2. The summed E-state index contributed by atoms with van der Waals surface area (Å²) >= 11 is 6.16. The van der Waals surface area contributed by atoms with E-state index in [1.54, 1.807) is 16.7 Å². The summed E-state index contributed by atoms with van der Waals surface area (Å²) in [6.07, 6.45) is -0.135. The number of hydrogen-bond donors (Lipinski definition) is 0. The SMILES string of the molecule is CCc1nc2ccc(Cl)cn2c1C(=O)CCc1ccc(N2CCC(C(=O)c3ccc(OC(F)(F)F)cc3)CC2)cc1. The van der Waals surface area contributed by atoms with E-state index in [0.717, 1.165) is 16.9 Å². The van der Waals surface area contributed by atoms with Gasteiger partial charge in [-0.25, -0.2) is 4.98 Å². The Morgan fingerprint density at radius 3 is 2.32 bits per heavy atom. The van der Waals surface area contributed by atoms with Crippen molar-refractivity contribution in [2.45, 2.75) is 45.4 Å². The normalized spacial score (nSPS) is 14.4. The number of ketones is 2. The van der Waals surface area contributed by atoms with Crippen molar-refractivity contribution in [1.82, 2.24) is 9.38 Å². The smallest absolute Gasteiger partial charge is 0.406 e. The number of anilines is 1. The molecule has 1 aliphatic heterocycles. The number of benzene rings is 2. The fourth-order valence-corrected chi connectivity index (χ4v) is 5.48. The fourth-order valence-electron chi connectivity index (χ4n) is 5.32. The topological polar surface area (TPSA) is 63.9 Å². The first kappa shape index (κ1) is 28.7. The predicted molar refractivity (Wildman–Crippen MR) is 151 cm³/mol. The molecule has 1 saturated heterocycles. The zero-order valence-corrected chi connectivity index (χ0v) is 23.2. The first-order valence-electron chi connectivity index (χ1n) is 13.5. The second kappa shape index (κ2) is 11.9. The maximum absolute atomic E-state index is 13.2. The van der Waals surface area contributed by atoms with E-state index >= 15 is 0 Å². The van der Waals surface area contributed by atoms with Gasteiger partial charge in [0.2, 0.25) is 0 Å². The molecule has 3 heterocycles. The van der Waals surface area contributed by atoms with Gasteiger partial charge in [0.1, 0.15) is 17.1 Å². The molecular formula is C31H29ClF3N3O3. The van der Waals surface area contributed by atoms with Gasteiger partial charge in [0.15, 0.2) is 11.6 Å². The molecular weight excluding hydrogens is 555 g/mol. The summed E-state index contributed by atoms with van der Waals surface area (Å²) in [4.78, 5) is 32.9. The van der Waals surface area contributed by atoms with Crippen LogP contribution in [-0.4, -0.2) is 40.4 Å². The van der Waals surface area contributed by atoms with Crippen molar-refractivity contribution in [3.05, 3.63) is 94.4 Å². The Kier molecular flexibility index (Phi) is 8.35. The van der Waals surface area contributed by atoms with Crippen molar-refractivity contribution in [3.63, 3.8) is 0 Å². The molecule has 0 N–H and O–H groups in total. The lowest BCUT2D eigenvalue weighted by Crippen LogP contribution is -2.36. The Balaban J connectivity index is 1.15. The number of carbonyl (C=O) groups is 2. The Morgan fingerprint density at radius 2 is 1.68 bits per heavy atom. The molecule has 10 heteroatoms. The van der Waals surface area contributed by atoms with E-state index in [2.05, 4.69) is 14.6 Å². The fraction of sp³-hybridized carbons (Fsp3) is 0.323. The van der Waals surface area contributed by atoms with E-state index in [4.69, 9.17) is 11.6 Å². The van der Waals surface area contributed by atoms with Crippen LogP contribution in [0.15, 0.2) is 66.9 Å². The first-order valence-corrected chi connectivity index (χ1v) is 13.9. The van der Waals surface area contributed by atoms with Crippen LogP contribution in [0.25, 0.3) is 5.65 Å². The average Bonchev–Trinajstić information content (AvgIpc) is 3.33. The van der Waals surface area contributed by atoms with Crippen molar-refractivity contribution in [2.24, 2.45) is 5.92 Å². The number of nitrogens with zero attached hydrogens (tertiary/aromatic N) is 3. The quantitative estimate of drug-likeness (QED) is 0.193. The minimum Gasteiger partial charge on any atom is -0.406 e. The van der Waals surface area contributed by atoms with Crippen LogP contribution >= 0.6 is 11.6 Å². The third-order valence-corrected chi connectivity index (χ3v) is 7.66. The first-order chi connectivity index (χ1) is 19.6. The van der Waals surface area contributed by atoms with E-state index in [9.17, 15) is 22.8 Å². The van der Waals surface area contributed by atoms with E-state index in [0.29, 0.717) is 67.1 Å². The van der Waals surface area contributed by atoms with Crippen LogP contribution in [0.2, 0.25) is 5.02 Å². The molecule has 1 aliphatic rings. The van der Waals surface area contributed by atoms with Crippen molar-refractivity contribution in [3.8, 4) is 5.75 Å². The van der Waals surface area contributed by atoms with Gasteiger partial charge in [-0.15, -0.1) is 13.2 Å². The van der Waals surface area contributed by atoms with Gasteiger partial charge in [-0.2, -0.15) is 0 Å². The molecule has 0 amide bonds. The molecule has 0 bridgehead atoms. The van der Waals surface area contributed by atoms with Gasteiger partial charge >= 0.3 is 6.36 Å². The van der Waals surface area contributed by atoms with Gasteiger partial charge in [-0.05, 0) is 79.8 Å². The lowest BCUT2D eigenvalue weighted by atomic mass is 9.88. The number of rotatable bonds is 9. The maximum Gasteiger partial charge on any atom is 0.573 e. The number of hydrogen-bond acceptors (Lipinski definition) is 5. The lowest BCUT2D eigenvalue weighted by Gasteiger charge is -2.33. The van der Waals surface area contributed by atoms with E-state index in [-0.39, 0.29) is 23.2 Å². The average molecular weight is 584 g/mol. The minimum absolute atomic E-state index is 0.0231. The molecule has 214 valence electrons. The minimum atomic E-state index is -4.77. The molecule has 0 atom stereocenters. The maximum atomic E-state index is 13.2. The van der Waals surface area contributed by atoms with Gasteiger partial charge in [0, 0.05) is 42.9 Å². The highest BCUT2D eigenvalue weighted by Gasteiger charge is 2.31. The number of carbonyl (C=O) groups excluding carboxylic acids is 2. The number of Topliss-reactive ketones (excluding diaryl/α,β-unsaturated/α-hetero) is 2. The van der Waals surface area contributed by atoms with Crippen molar-refractivity contribution in [1.29, 1.82) is 0 Å². The Labute approximate surface area is 240 Å². The molecule has 0 aliphatic carbocycles. The summed E-state index contributed by atoms with van der Waals surface area (Å²) in [5, 5.41) is 0.546. The Bertz CT molecular complexity index is 1540. The van der Waals surface area contributed by atoms with Crippen molar-refractivity contribution < 1.29 is 27.5 Å². The molecule has 5 rings (SSSR count). The lowest BCUT2D eigenvalue weighted by molar-refractivity contribution is -0.274. The number of piperidine rings is 1. The number of pyridine rings is 1. The summed E-state index contributed by atoms with van der Waals surface area (Å²) in [7, 11) is 0. The van der Waals surface area contributed by atoms with Gasteiger partial charge in [-0.1, -0.05) is 30.7 Å². The highest BCUT2D eigenvalue weighted by molar-refractivity contribution is 6.30. The van der Waals surface area contributed by atoms with Crippen LogP contribution in [0.5, 0.6) is 5.75 Å². The predicted octanol–water partition coefficient (Wildman–Crippen LogP) is 7.36. The third kappa shape index (κ3) is 6.73. The second-order valence-electron chi connectivity index (χ2n) is 10.1. The molecule has 41 heavy (non-hydrogen) atoms. The highest BCUT2D eigenvalue weighted by Crippen LogP contribution is 2.28. The van der Waals surface area contributed by atoms with Crippen LogP contribution in [0, 0.1) is 5.92 Å². The molecule has 0 saturated carbocycles. The van der Waals surface area contributed by atoms with E-state index in [1.807, 2.05) is 37.3 Å². The standard InChI is InChI=1S/C31H29ClF3N3O3/c1-2-26-29(38-19-23(32)8-14-28(38)36-26)27(39)13-5-20-3-9-24(10-4-20)37-17-15-22(16-18-37)30(40)21-6-11-25(12-7-21)41-31(33,34)35/h3-4,6-12,14,19,22H,2,5,13,15-18H2,1H3. The summed E-state index contributed by atoms with van der Waals surface area (Å²) in [6, 6.07) is 16.8. The number of alkyl halides is 3. The number of aromatic nitrogens is 2. The largest absolute Gasteiger partial charge is 0.573 e. The molecule has 6 nitrogen and oxygen atoms in total. The van der Waals surface area contributed by atoms with Crippen LogP contribution in [-0.2, 0) is 12.8 Å². The molecule has 2 aromatic carbocycles. The van der Waals surface area contributed by atoms with Crippen LogP contribution in [0.1, 0.15) is 58.3 Å². The van der Waals surface area contributed by atoms with Crippen molar-refractivity contribution in [2.75, 3.05) is 18.0 Å². The zero-order chi connectivity index (χ0) is 29.1. The highest BCUT2D eigenvalue weighted by atomic mass is 35.5. The Hall–Kier alpha value is -3.85. The van der Waals surface area contributed by atoms with Crippen LogP contribution < -0.4 is 9.64 Å². The van der Waals surface area contributed by atoms with E-state index in [1.165, 1.54) is 24.3 Å². The van der Waals surface area contributed by atoms with Gasteiger partial charge < -0.3 is 9.64 Å². The number of imidazole rings is 1. The van der Waals surface area contributed by atoms with Gasteiger partial charge in [0.25, 0.3) is 0 Å². The summed E-state index contributed by atoms with van der Waals surface area (Å²) in [6.45, 7) is 3.37. The summed E-state index contributed by atoms with van der Waals surface area (Å²) in [5.41, 5.74) is 4.54. The summed E-state index contributed by atoms with van der Waals surface area (Å²) in [5.74, 6) is -0.575. The summed E-state index contributed by atoms with van der Waals surface area (Å²) < 4.78 is 42.8. The molecule has 0 spiro atoms. The van der Waals surface area contributed by atoms with E-state index < -0.39 is 6.36 Å². The second-order valence-corrected chi connectivity index (χ2v) is 10.6. The van der Waals surface area contributed by atoms with Crippen LogP contribution in [0.3, 0.4) is 0 Å². The Morgan fingerprint density at radius 1 is 1.00 bits per heavy atom. The number of fused-ring (bicyclic) bond motifs is 1. The number of ether oxygens (including phenoxy) is 1. The molecule has 4 aromatic rings. The molecule has 2 aromatic heterocycles. The van der Waals surface area contributed by atoms with Crippen LogP contribution in [0.4, 0.5) is 18.9 Å². The third-order valence-electron chi connectivity index (χ3n) is 7.43. The van der Waals surface area contributed by atoms with Gasteiger partial charge in [-0.3, -0.25) is 14.0 Å². The molecule has 0 radical (unpaired) electrons. The monoisotopic (exact) mass is 583 g/mol. The zero-order valence-electron chi connectivity index (χ0n) is 22.5. The molecule has 0 unspecified atom stereocenters. The number of halogens is 4. The molecule has 1 fully saturated rings.